The second-order valence-corrected chi connectivity index (χ2v) is 5.83. The number of methoxy groups -OCH3 is 1. The molecular weight excluding hydrogens is 457 g/mol. The van der Waals surface area contributed by atoms with Crippen molar-refractivity contribution < 1.29 is 9.47 Å². The van der Waals surface area contributed by atoms with Gasteiger partial charge in [0.2, 0.25) is 0 Å². The lowest BCUT2D eigenvalue weighted by atomic mass is 10.1. The van der Waals surface area contributed by atoms with E-state index >= 15 is 0 Å². The normalized spacial score (nSPS) is 11.1. The van der Waals surface area contributed by atoms with Crippen molar-refractivity contribution in [2.45, 2.75) is 19.5 Å². The summed E-state index contributed by atoms with van der Waals surface area (Å²) in [5, 5.41) is 10.9. The SMILES string of the molecule is CN=C(NCCCOCCOC)NCc1cccc(Cn2cccn2)c1.I. The Kier molecular flexibility index (Phi) is 12.5. The number of benzene rings is 1. The Labute approximate surface area is 178 Å². The fourth-order valence-electron chi connectivity index (χ4n) is 2.45. The van der Waals surface area contributed by atoms with Gasteiger partial charge in [0.25, 0.3) is 0 Å². The molecule has 0 aliphatic heterocycles. The van der Waals surface area contributed by atoms with Gasteiger partial charge in [-0.3, -0.25) is 9.67 Å². The first-order valence-corrected chi connectivity index (χ1v) is 8.88. The van der Waals surface area contributed by atoms with Crippen LogP contribution in [0.2, 0.25) is 0 Å². The zero-order valence-corrected chi connectivity index (χ0v) is 18.4. The minimum atomic E-state index is 0. The molecule has 0 fully saturated rings. The molecule has 0 saturated carbocycles. The van der Waals surface area contributed by atoms with Crippen molar-refractivity contribution in [2.24, 2.45) is 4.99 Å². The van der Waals surface area contributed by atoms with E-state index in [-0.39, 0.29) is 24.0 Å². The molecular formula is C19H30IN5O2. The predicted molar refractivity (Wildman–Crippen MR) is 119 cm³/mol. The number of hydrogen-bond donors (Lipinski definition) is 2. The number of halogens is 1. The number of aliphatic imine (C=N–C) groups is 1. The number of hydrogen-bond acceptors (Lipinski definition) is 4. The van der Waals surface area contributed by atoms with E-state index in [0.717, 1.165) is 32.0 Å². The summed E-state index contributed by atoms with van der Waals surface area (Å²) < 4.78 is 12.3. The average molecular weight is 487 g/mol. The summed E-state index contributed by atoms with van der Waals surface area (Å²) in [5.74, 6) is 0.791. The highest BCUT2D eigenvalue weighted by Crippen LogP contribution is 2.07. The monoisotopic (exact) mass is 487 g/mol. The van der Waals surface area contributed by atoms with Gasteiger partial charge in [-0.05, 0) is 23.6 Å². The van der Waals surface area contributed by atoms with Crippen LogP contribution in [0.15, 0.2) is 47.7 Å². The molecule has 8 heteroatoms. The summed E-state index contributed by atoms with van der Waals surface area (Å²) in [5.41, 5.74) is 2.43. The molecule has 1 aromatic carbocycles. The third-order valence-corrected chi connectivity index (χ3v) is 3.77. The number of rotatable bonds is 11. The van der Waals surface area contributed by atoms with Gasteiger partial charge in [0, 0.05) is 46.2 Å². The average Bonchev–Trinajstić information content (AvgIpc) is 3.17. The number of ether oxygens (including phenoxy) is 2. The summed E-state index contributed by atoms with van der Waals surface area (Å²) >= 11 is 0. The largest absolute Gasteiger partial charge is 0.382 e. The molecule has 2 aromatic rings. The van der Waals surface area contributed by atoms with Gasteiger partial charge in [0.05, 0.1) is 19.8 Å². The molecule has 2 rings (SSSR count). The van der Waals surface area contributed by atoms with E-state index in [1.54, 1.807) is 20.4 Å². The van der Waals surface area contributed by atoms with Crippen molar-refractivity contribution in [1.82, 2.24) is 20.4 Å². The fraction of sp³-hybridized carbons (Fsp3) is 0.474. The van der Waals surface area contributed by atoms with Gasteiger partial charge in [0.1, 0.15) is 0 Å². The van der Waals surface area contributed by atoms with Crippen LogP contribution in [0.4, 0.5) is 0 Å². The Hall–Kier alpha value is -1.65. The second-order valence-electron chi connectivity index (χ2n) is 5.83. The van der Waals surface area contributed by atoms with Crippen molar-refractivity contribution in [3.05, 3.63) is 53.9 Å². The molecule has 0 atom stereocenters. The van der Waals surface area contributed by atoms with E-state index in [1.807, 2.05) is 16.9 Å². The van der Waals surface area contributed by atoms with Gasteiger partial charge in [-0.2, -0.15) is 5.10 Å². The number of nitrogens with zero attached hydrogens (tertiary/aromatic N) is 3. The third-order valence-electron chi connectivity index (χ3n) is 3.77. The zero-order valence-electron chi connectivity index (χ0n) is 16.1. The lowest BCUT2D eigenvalue weighted by Crippen LogP contribution is -2.37. The van der Waals surface area contributed by atoms with Gasteiger partial charge in [-0.15, -0.1) is 24.0 Å². The molecule has 0 unspecified atom stereocenters. The van der Waals surface area contributed by atoms with Crippen LogP contribution in [0.5, 0.6) is 0 Å². The number of nitrogens with one attached hydrogen (secondary N) is 2. The zero-order chi connectivity index (χ0) is 18.5. The first kappa shape index (κ1) is 23.4. The quantitative estimate of drug-likeness (QED) is 0.220. The highest BCUT2D eigenvalue weighted by atomic mass is 127. The Morgan fingerprint density at radius 2 is 2.00 bits per heavy atom. The Balaban J connectivity index is 0.00000364. The third kappa shape index (κ3) is 9.73. The molecule has 27 heavy (non-hydrogen) atoms. The first-order valence-electron chi connectivity index (χ1n) is 8.88. The molecule has 0 saturated heterocycles. The fourth-order valence-corrected chi connectivity index (χ4v) is 2.45. The van der Waals surface area contributed by atoms with Crippen LogP contribution < -0.4 is 10.6 Å². The molecule has 0 bridgehead atoms. The second kappa shape index (κ2) is 14.4. The van der Waals surface area contributed by atoms with Gasteiger partial charge >= 0.3 is 0 Å². The summed E-state index contributed by atoms with van der Waals surface area (Å²) in [7, 11) is 3.45. The lowest BCUT2D eigenvalue weighted by molar-refractivity contribution is 0.0698. The van der Waals surface area contributed by atoms with Gasteiger partial charge < -0.3 is 20.1 Å². The summed E-state index contributed by atoms with van der Waals surface area (Å²) in [6, 6.07) is 10.4. The molecule has 2 N–H and O–H groups in total. The Bertz CT molecular complexity index is 649. The maximum absolute atomic E-state index is 5.44. The predicted octanol–water partition coefficient (Wildman–Crippen LogP) is 2.27. The minimum absolute atomic E-state index is 0. The lowest BCUT2D eigenvalue weighted by Gasteiger charge is -2.13. The number of guanidine groups is 1. The van der Waals surface area contributed by atoms with Gasteiger partial charge in [-0.1, -0.05) is 24.3 Å². The molecule has 0 radical (unpaired) electrons. The Morgan fingerprint density at radius 1 is 1.15 bits per heavy atom. The van der Waals surface area contributed by atoms with Crippen molar-refractivity contribution in [1.29, 1.82) is 0 Å². The van der Waals surface area contributed by atoms with Crippen LogP contribution in [-0.2, 0) is 22.6 Å². The van der Waals surface area contributed by atoms with Crippen LogP contribution in [-0.4, -0.2) is 56.3 Å². The van der Waals surface area contributed by atoms with Crippen LogP contribution in [0, 0.1) is 0 Å². The first-order chi connectivity index (χ1) is 12.8. The summed E-state index contributed by atoms with van der Waals surface area (Å²) in [4.78, 5) is 4.25. The molecule has 1 aromatic heterocycles. The van der Waals surface area contributed by atoms with E-state index in [4.69, 9.17) is 9.47 Å². The highest BCUT2D eigenvalue weighted by molar-refractivity contribution is 14.0. The van der Waals surface area contributed by atoms with Crippen LogP contribution in [0.3, 0.4) is 0 Å². The summed E-state index contributed by atoms with van der Waals surface area (Å²) in [6.45, 7) is 4.29. The maximum atomic E-state index is 5.44. The molecule has 0 spiro atoms. The van der Waals surface area contributed by atoms with E-state index in [1.165, 1.54) is 11.1 Å². The molecule has 7 nitrogen and oxygen atoms in total. The maximum Gasteiger partial charge on any atom is 0.191 e. The van der Waals surface area contributed by atoms with Gasteiger partial charge in [-0.25, -0.2) is 0 Å². The van der Waals surface area contributed by atoms with Crippen molar-refractivity contribution in [2.75, 3.05) is 40.5 Å². The van der Waals surface area contributed by atoms with E-state index in [0.29, 0.717) is 19.8 Å². The van der Waals surface area contributed by atoms with Crippen LogP contribution >= 0.6 is 24.0 Å². The minimum Gasteiger partial charge on any atom is -0.382 e. The highest BCUT2D eigenvalue weighted by Gasteiger charge is 2.01. The Morgan fingerprint density at radius 3 is 2.74 bits per heavy atom. The molecule has 0 aliphatic carbocycles. The smallest absolute Gasteiger partial charge is 0.191 e. The van der Waals surface area contributed by atoms with Crippen LogP contribution in [0.25, 0.3) is 0 Å². The van der Waals surface area contributed by atoms with Crippen molar-refractivity contribution in [3.8, 4) is 0 Å². The van der Waals surface area contributed by atoms with Crippen molar-refractivity contribution in [3.63, 3.8) is 0 Å². The van der Waals surface area contributed by atoms with E-state index < -0.39 is 0 Å². The molecule has 0 amide bonds. The standard InChI is InChI=1S/C19H29N5O2.HI/c1-20-19(21-8-5-11-26-13-12-25-2)22-15-17-6-3-7-18(14-17)16-24-10-4-9-23-24;/h3-4,6-7,9-10,14H,5,8,11-13,15-16H2,1-2H3,(H2,20,21,22);1H. The molecule has 0 aliphatic rings. The molecule has 150 valence electrons. The van der Waals surface area contributed by atoms with Crippen molar-refractivity contribution >= 4 is 29.9 Å². The van der Waals surface area contributed by atoms with Gasteiger partial charge in [0.15, 0.2) is 5.96 Å². The summed E-state index contributed by atoms with van der Waals surface area (Å²) in [6.07, 6.45) is 4.68. The molecule has 1 heterocycles. The van der Waals surface area contributed by atoms with E-state index in [2.05, 4.69) is 45.0 Å². The topological polar surface area (TPSA) is 72.7 Å². The number of aromatic nitrogens is 2. The van der Waals surface area contributed by atoms with E-state index in [9.17, 15) is 0 Å². The van der Waals surface area contributed by atoms with Crippen LogP contribution in [0.1, 0.15) is 17.5 Å².